The van der Waals surface area contributed by atoms with E-state index in [1.165, 1.54) is 7.11 Å². The number of nitrogens with zero attached hydrogens (tertiary/aromatic N) is 1. The molecule has 0 aliphatic carbocycles. The number of nitrogens with one attached hydrogen (secondary N) is 1. The smallest absolute Gasteiger partial charge is 0.408 e. The third kappa shape index (κ3) is 6.20. The fourth-order valence-corrected chi connectivity index (χ4v) is 3.70. The van der Waals surface area contributed by atoms with Crippen LogP contribution in [0.4, 0.5) is 4.79 Å². The van der Waals surface area contributed by atoms with Crippen molar-refractivity contribution >= 4 is 34.4 Å². The third-order valence-electron chi connectivity index (χ3n) is 4.86. The molecule has 1 atom stereocenters. The van der Waals surface area contributed by atoms with Crippen molar-refractivity contribution in [2.24, 2.45) is 0 Å². The van der Waals surface area contributed by atoms with Crippen molar-refractivity contribution in [3.05, 3.63) is 76.6 Å². The molecule has 7 heteroatoms. The maximum atomic E-state index is 12.3. The molecule has 0 unspecified atom stereocenters. The van der Waals surface area contributed by atoms with Crippen molar-refractivity contribution in [1.82, 2.24) is 10.3 Å². The maximum Gasteiger partial charge on any atom is 0.408 e. The van der Waals surface area contributed by atoms with Gasteiger partial charge in [-0.2, -0.15) is 0 Å². The number of benzene rings is 2. The number of amides is 1. The Bertz CT molecular complexity index is 1120. The van der Waals surface area contributed by atoms with Gasteiger partial charge >= 0.3 is 12.1 Å². The van der Waals surface area contributed by atoms with Gasteiger partial charge in [-0.1, -0.05) is 41.9 Å². The third-order valence-corrected chi connectivity index (χ3v) is 5.19. The lowest BCUT2D eigenvalue weighted by molar-refractivity contribution is -0.143. The molecule has 0 spiro atoms. The number of pyridine rings is 1. The number of methoxy groups -OCH3 is 1. The number of carbonyl (C=O) groups excluding carboxylic acids is 2. The van der Waals surface area contributed by atoms with Crippen molar-refractivity contribution in [3.63, 3.8) is 0 Å². The number of aromatic nitrogens is 1. The highest BCUT2D eigenvalue weighted by atomic mass is 35.5. The first kappa shape index (κ1) is 23.5. The lowest BCUT2D eigenvalue weighted by Crippen LogP contribution is -2.45. The monoisotopic (exact) mass is 454 g/mol. The van der Waals surface area contributed by atoms with E-state index in [0.29, 0.717) is 11.4 Å². The van der Waals surface area contributed by atoms with Crippen LogP contribution in [0.1, 0.15) is 37.5 Å². The topological polar surface area (TPSA) is 77.5 Å². The summed E-state index contributed by atoms with van der Waals surface area (Å²) in [5.41, 5.74) is 2.40. The molecule has 1 aromatic heterocycles. The van der Waals surface area contributed by atoms with E-state index in [0.717, 1.165) is 27.5 Å². The number of halogens is 1. The molecular weight excluding hydrogens is 428 g/mol. The Kier molecular flexibility index (Phi) is 7.36. The summed E-state index contributed by atoms with van der Waals surface area (Å²) in [6.45, 7) is 5.29. The van der Waals surface area contributed by atoms with Crippen LogP contribution >= 0.6 is 11.6 Å². The summed E-state index contributed by atoms with van der Waals surface area (Å²) in [6, 6.07) is 12.8. The van der Waals surface area contributed by atoms with Gasteiger partial charge in [0.2, 0.25) is 0 Å². The van der Waals surface area contributed by atoms with Crippen LogP contribution in [0.15, 0.2) is 54.9 Å². The molecule has 1 N–H and O–H groups in total. The van der Waals surface area contributed by atoms with Crippen LogP contribution in [0.5, 0.6) is 0 Å². The van der Waals surface area contributed by atoms with E-state index in [4.69, 9.17) is 21.1 Å². The van der Waals surface area contributed by atoms with Crippen molar-refractivity contribution in [1.29, 1.82) is 0 Å². The van der Waals surface area contributed by atoms with E-state index in [1.807, 2.05) is 48.7 Å². The zero-order chi connectivity index (χ0) is 23.3. The van der Waals surface area contributed by atoms with Crippen LogP contribution in [0, 0.1) is 0 Å². The molecule has 6 nitrogen and oxygen atoms in total. The number of esters is 1. The first-order valence-electron chi connectivity index (χ1n) is 10.3. The van der Waals surface area contributed by atoms with E-state index in [9.17, 15) is 9.59 Å². The van der Waals surface area contributed by atoms with E-state index in [-0.39, 0.29) is 6.42 Å². The van der Waals surface area contributed by atoms with Gasteiger partial charge in [-0.15, -0.1) is 0 Å². The standard InChI is InChI=1S/C25H27ClN2O4/c1-25(2,3)32-24(30)28-22(23(29)31-4)14-17-7-5-6-16(12-17)13-18-8-9-21(26)19-10-11-27-15-20(18)19/h5-12,15,22H,13-14H2,1-4H3,(H,28,30)/t22-/m0/s1. The fourth-order valence-electron chi connectivity index (χ4n) is 3.47. The average molecular weight is 455 g/mol. The minimum absolute atomic E-state index is 0.280. The van der Waals surface area contributed by atoms with Gasteiger partial charge in [0.25, 0.3) is 0 Å². The minimum atomic E-state index is -0.856. The van der Waals surface area contributed by atoms with Crippen molar-refractivity contribution in [2.75, 3.05) is 7.11 Å². The minimum Gasteiger partial charge on any atom is -0.467 e. The number of fused-ring (bicyclic) bond motifs is 1. The summed E-state index contributed by atoms with van der Waals surface area (Å²) in [7, 11) is 1.29. The van der Waals surface area contributed by atoms with Crippen LogP contribution in [0.25, 0.3) is 10.8 Å². The molecule has 168 valence electrons. The van der Waals surface area contributed by atoms with Gasteiger partial charge in [0.15, 0.2) is 0 Å². The molecule has 0 aliphatic heterocycles. The Morgan fingerprint density at radius 3 is 2.56 bits per heavy atom. The SMILES string of the molecule is COC(=O)[C@H](Cc1cccc(Cc2ccc(Cl)c3ccncc23)c1)NC(=O)OC(C)(C)C. The molecule has 32 heavy (non-hydrogen) atoms. The summed E-state index contributed by atoms with van der Waals surface area (Å²) in [5, 5.41) is 5.27. The average Bonchev–Trinajstić information content (AvgIpc) is 2.74. The van der Waals surface area contributed by atoms with Gasteiger partial charge in [-0.25, -0.2) is 9.59 Å². The Hall–Kier alpha value is -3.12. The highest BCUT2D eigenvalue weighted by molar-refractivity contribution is 6.35. The molecule has 0 aliphatic rings. The van der Waals surface area contributed by atoms with Crippen LogP contribution < -0.4 is 5.32 Å². The Morgan fingerprint density at radius 2 is 1.84 bits per heavy atom. The van der Waals surface area contributed by atoms with Crippen LogP contribution in [-0.2, 0) is 27.1 Å². The molecule has 0 bridgehead atoms. The van der Waals surface area contributed by atoms with Crippen LogP contribution in [-0.4, -0.2) is 35.8 Å². The predicted molar refractivity (Wildman–Crippen MR) is 125 cm³/mol. The molecule has 0 radical (unpaired) electrons. The molecule has 0 fully saturated rings. The first-order valence-corrected chi connectivity index (χ1v) is 10.7. The molecule has 2 aromatic carbocycles. The molecule has 0 saturated heterocycles. The zero-order valence-corrected chi connectivity index (χ0v) is 19.4. The highest BCUT2D eigenvalue weighted by Gasteiger charge is 2.25. The Balaban J connectivity index is 1.79. The number of alkyl carbamates (subject to hydrolysis) is 1. The Labute approximate surface area is 192 Å². The Morgan fingerprint density at radius 1 is 1.09 bits per heavy atom. The quantitative estimate of drug-likeness (QED) is 0.525. The van der Waals surface area contributed by atoms with Crippen molar-refractivity contribution in [2.45, 2.75) is 45.3 Å². The molecule has 3 rings (SSSR count). The largest absolute Gasteiger partial charge is 0.467 e. The van der Waals surface area contributed by atoms with Crippen LogP contribution in [0.3, 0.4) is 0 Å². The number of hydrogen-bond acceptors (Lipinski definition) is 5. The van der Waals surface area contributed by atoms with Gasteiger partial charge < -0.3 is 14.8 Å². The molecule has 1 amide bonds. The fraction of sp³-hybridized carbons (Fsp3) is 0.320. The lowest BCUT2D eigenvalue weighted by Gasteiger charge is -2.22. The van der Waals surface area contributed by atoms with Gasteiger partial charge in [0.05, 0.1) is 7.11 Å². The van der Waals surface area contributed by atoms with Gasteiger partial charge in [0, 0.05) is 34.6 Å². The summed E-state index contributed by atoms with van der Waals surface area (Å²) in [6.07, 6.45) is 3.84. The second kappa shape index (κ2) is 10.0. The summed E-state index contributed by atoms with van der Waals surface area (Å²) < 4.78 is 10.2. The van der Waals surface area contributed by atoms with E-state index in [2.05, 4.69) is 10.3 Å². The predicted octanol–water partition coefficient (Wildman–Crippen LogP) is 5.09. The van der Waals surface area contributed by atoms with Crippen LogP contribution in [0.2, 0.25) is 5.02 Å². The van der Waals surface area contributed by atoms with Gasteiger partial charge in [0.1, 0.15) is 11.6 Å². The number of ether oxygens (including phenoxy) is 2. The number of hydrogen-bond donors (Lipinski definition) is 1. The van der Waals surface area contributed by atoms with Gasteiger partial charge in [-0.3, -0.25) is 4.98 Å². The summed E-state index contributed by atoms with van der Waals surface area (Å²) in [4.78, 5) is 28.7. The first-order chi connectivity index (χ1) is 15.2. The van der Waals surface area contributed by atoms with Crippen molar-refractivity contribution < 1.29 is 19.1 Å². The maximum absolute atomic E-state index is 12.3. The number of rotatable bonds is 6. The van der Waals surface area contributed by atoms with Gasteiger partial charge in [-0.05, 0) is 56.0 Å². The molecule has 3 aromatic rings. The highest BCUT2D eigenvalue weighted by Crippen LogP contribution is 2.27. The summed E-state index contributed by atoms with van der Waals surface area (Å²) >= 11 is 6.32. The normalized spacial score (nSPS) is 12.3. The van der Waals surface area contributed by atoms with E-state index in [1.54, 1.807) is 27.0 Å². The number of carbonyl (C=O) groups is 2. The second-order valence-electron chi connectivity index (χ2n) is 8.55. The van der Waals surface area contributed by atoms with E-state index < -0.39 is 23.7 Å². The summed E-state index contributed by atoms with van der Waals surface area (Å²) in [5.74, 6) is -0.531. The molecule has 0 saturated carbocycles. The molecule has 1 heterocycles. The van der Waals surface area contributed by atoms with Crippen molar-refractivity contribution in [3.8, 4) is 0 Å². The second-order valence-corrected chi connectivity index (χ2v) is 8.96. The lowest BCUT2D eigenvalue weighted by atomic mass is 9.97. The molecular formula is C25H27ClN2O4. The van der Waals surface area contributed by atoms with E-state index >= 15 is 0 Å². The zero-order valence-electron chi connectivity index (χ0n) is 18.6.